The lowest BCUT2D eigenvalue weighted by molar-refractivity contribution is -0.142. The van der Waals surface area contributed by atoms with E-state index < -0.39 is 29.1 Å². The van der Waals surface area contributed by atoms with Crippen LogP contribution in [0.5, 0.6) is 0 Å². The third kappa shape index (κ3) is 1.98. The average molecular weight is 281 g/mol. The largest absolute Gasteiger partial charge is 0.294 e. The van der Waals surface area contributed by atoms with Gasteiger partial charge in [-0.05, 0) is 11.5 Å². The summed E-state index contributed by atoms with van der Waals surface area (Å²) in [6.07, 6.45) is 0. The Labute approximate surface area is 123 Å². The first-order valence-corrected chi connectivity index (χ1v) is 6.69. The highest BCUT2D eigenvalue weighted by molar-refractivity contribution is 6.04. The van der Waals surface area contributed by atoms with Crippen LogP contribution in [-0.4, -0.2) is 11.8 Å². The van der Waals surface area contributed by atoms with Gasteiger partial charge in [-0.2, -0.15) is 10.5 Å². The molecule has 1 saturated heterocycles. The molecule has 5 nitrogen and oxygen atoms in total. The van der Waals surface area contributed by atoms with Crippen LogP contribution < -0.4 is 5.32 Å². The number of nitriles is 2. The number of benzene rings is 1. The molecule has 1 aromatic carbocycles. The molecule has 0 spiro atoms. The van der Waals surface area contributed by atoms with Crippen LogP contribution in [0.25, 0.3) is 0 Å². The maximum atomic E-state index is 12.1. The Morgan fingerprint density at radius 1 is 1.05 bits per heavy atom. The number of carbonyl (C=O) groups is 2. The molecular formula is C16H15N3O2. The van der Waals surface area contributed by atoms with E-state index in [9.17, 15) is 20.1 Å². The van der Waals surface area contributed by atoms with Gasteiger partial charge in [-0.15, -0.1) is 0 Å². The van der Waals surface area contributed by atoms with Gasteiger partial charge in [0.15, 0.2) is 0 Å². The van der Waals surface area contributed by atoms with Crippen LogP contribution in [-0.2, 0) is 15.0 Å². The Hall–Kier alpha value is -2.66. The molecule has 2 rings (SSSR count). The van der Waals surface area contributed by atoms with Gasteiger partial charge in [0.05, 0.1) is 12.1 Å². The van der Waals surface area contributed by atoms with Crippen LogP contribution in [0.2, 0.25) is 0 Å². The van der Waals surface area contributed by atoms with E-state index in [0.29, 0.717) is 5.56 Å². The minimum absolute atomic E-state index is 0.232. The second kappa shape index (κ2) is 5.38. The lowest BCUT2D eigenvalue weighted by Crippen LogP contribution is -2.62. The number of piperidine rings is 1. The standard InChI is InChI=1S/C16H15N3O2/c1-10(2)16(11-6-4-3-5-7-11)12(8-17)14(20)19-15(21)13(16)9-18/h3-7,10,12-13H,1-2H3,(H,19,20,21). The van der Waals surface area contributed by atoms with E-state index in [-0.39, 0.29) is 5.92 Å². The number of nitrogens with zero attached hydrogens (tertiary/aromatic N) is 2. The molecule has 1 aromatic rings. The van der Waals surface area contributed by atoms with E-state index in [0.717, 1.165) is 0 Å². The van der Waals surface area contributed by atoms with Gasteiger partial charge in [0.25, 0.3) is 0 Å². The first-order chi connectivity index (χ1) is 9.99. The second-order valence-electron chi connectivity index (χ2n) is 5.43. The van der Waals surface area contributed by atoms with Gasteiger partial charge in [0, 0.05) is 5.41 Å². The first kappa shape index (κ1) is 14.7. The minimum Gasteiger partial charge on any atom is -0.294 e. The Morgan fingerprint density at radius 2 is 1.52 bits per heavy atom. The molecule has 1 aliphatic rings. The van der Waals surface area contributed by atoms with Gasteiger partial charge < -0.3 is 0 Å². The third-order valence-corrected chi connectivity index (χ3v) is 4.21. The second-order valence-corrected chi connectivity index (χ2v) is 5.43. The van der Waals surface area contributed by atoms with E-state index in [1.807, 2.05) is 32.1 Å². The Balaban J connectivity index is 2.80. The highest BCUT2D eigenvalue weighted by atomic mass is 16.2. The molecule has 2 amide bonds. The number of hydrogen-bond donors (Lipinski definition) is 1. The summed E-state index contributed by atoms with van der Waals surface area (Å²) in [6.45, 7) is 3.65. The summed E-state index contributed by atoms with van der Waals surface area (Å²) in [5.74, 6) is -3.66. The fourth-order valence-corrected chi connectivity index (χ4v) is 3.26. The average Bonchev–Trinajstić information content (AvgIpc) is 2.47. The van der Waals surface area contributed by atoms with Crippen molar-refractivity contribution in [3.05, 3.63) is 35.9 Å². The number of hydrogen-bond acceptors (Lipinski definition) is 4. The highest BCUT2D eigenvalue weighted by Crippen LogP contribution is 2.47. The maximum Gasteiger partial charge on any atom is 0.244 e. The van der Waals surface area contributed by atoms with Crippen LogP contribution in [0, 0.1) is 40.4 Å². The van der Waals surface area contributed by atoms with E-state index in [2.05, 4.69) is 5.32 Å². The molecule has 5 heteroatoms. The predicted octanol–water partition coefficient (Wildman–Crippen LogP) is 1.52. The van der Waals surface area contributed by atoms with Crippen molar-refractivity contribution in [3.8, 4) is 12.1 Å². The topological polar surface area (TPSA) is 93.8 Å². The number of rotatable bonds is 2. The van der Waals surface area contributed by atoms with Crippen LogP contribution in [0.1, 0.15) is 19.4 Å². The van der Waals surface area contributed by atoms with Crippen molar-refractivity contribution in [1.29, 1.82) is 10.5 Å². The summed E-state index contributed by atoms with van der Waals surface area (Å²) in [5, 5.41) is 21.1. The van der Waals surface area contributed by atoms with Crippen molar-refractivity contribution in [1.82, 2.24) is 5.32 Å². The summed E-state index contributed by atoms with van der Waals surface area (Å²) in [6, 6.07) is 12.9. The van der Waals surface area contributed by atoms with Gasteiger partial charge >= 0.3 is 0 Å². The summed E-state index contributed by atoms with van der Waals surface area (Å²) in [4.78, 5) is 24.3. The van der Waals surface area contributed by atoms with Gasteiger partial charge in [-0.25, -0.2) is 0 Å². The molecule has 0 bridgehead atoms. The van der Waals surface area contributed by atoms with Crippen LogP contribution in [0.4, 0.5) is 0 Å². The summed E-state index contributed by atoms with van der Waals surface area (Å²) >= 11 is 0. The van der Waals surface area contributed by atoms with Crippen LogP contribution >= 0.6 is 0 Å². The molecule has 0 aliphatic carbocycles. The van der Waals surface area contributed by atoms with Crippen molar-refractivity contribution >= 4 is 11.8 Å². The van der Waals surface area contributed by atoms with E-state index >= 15 is 0 Å². The number of amides is 2. The SMILES string of the molecule is CC(C)C1(c2ccccc2)C(C#N)C(=O)NC(=O)C1C#N. The molecule has 21 heavy (non-hydrogen) atoms. The fourth-order valence-electron chi connectivity index (χ4n) is 3.26. The number of carbonyl (C=O) groups excluding carboxylic acids is 2. The number of nitrogens with one attached hydrogen (secondary N) is 1. The Kier molecular flexibility index (Phi) is 3.78. The molecule has 0 radical (unpaired) electrons. The lowest BCUT2D eigenvalue weighted by Gasteiger charge is -2.46. The molecule has 0 aromatic heterocycles. The Bertz CT molecular complexity index is 620. The molecule has 106 valence electrons. The Morgan fingerprint density at radius 3 is 1.90 bits per heavy atom. The molecular weight excluding hydrogens is 266 g/mol. The quantitative estimate of drug-likeness (QED) is 0.831. The zero-order valence-corrected chi connectivity index (χ0v) is 11.8. The van der Waals surface area contributed by atoms with Gasteiger partial charge in [-0.1, -0.05) is 44.2 Å². The summed E-state index contributed by atoms with van der Waals surface area (Å²) < 4.78 is 0. The molecule has 1 N–H and O–H groups in total. The normalized spacial score (nSPS) is 28.6. The molecule has 1 aliphatic heterocycles. The predicted molar refractivity (Wildman–Crippen MR) is 74.3 cm³/mol. The molecule has 0 saturated carbocycles. The third-order valence-electron chi connectivity index (χ3n) is 4.21. The van der Waals surface area contributed by atoms with Crippen molar-refractivity contribution in [2.24, 2.45) is 17.8 Å². The molecule has 1 heterocycles. The summed E-state index contributed by atoms with van der Waals surface area (Å²) in [5.41, 5.74) is -0.467. The zero-order chi connectivity index (χ0) is 15.6. The lowest BCUT2D eigenvalue weighted by atomic mass is 9.55. The van der Waals surface area contributed by atoms with Crippen molar-refractivity contribution in [3.63, 3.8) is 0 Å². The van der Waals surface area contributed by atoms with Crippen molar-refractivity contribution < 1.29 is 9.59 Å². The van der Waals surface area contributed by atoms with Gasteiger partial charge in [0.1, 0.15) is 11.8 Å². The minimum atomic E-state index is -1.13. The van der Waals surface area contributed by atoms with Gasteiger partial charge in [0.2, 0.25) is 11.8 Å². The van der Waals surface area contributed by atoms with E-state index in [1.165, 1.54) is 0 Å². The monoisotopic (exact) mass is 281 g/mol. The first-order valence-electron chi connectivity index (χ1n) is 6.69. The fraction of sp³-hybridized carbons (Fsp3) is 0.375. The molecule has 1 fully saturated rings. The van der Waals surface area contributed by atoms with Crippen molar-refractivity contribution in [2.75, 3.05) is 0 Å². The van der Waals surface area contributed by atoms with Crippen LogP contribution in [0.15, 0.2) is 30.3 Å². The number of imide groups is 1. The van der Waals surface area contributed by atoms with E-state index in [4.69, 9.17) is 0 Å². The molecule has 2 atom stereocenters. The highest BCUT2D eigenvalue weighted by Gasteiger charge is 2.59. The van der Waals surface area contributed by atoms with Crippen LogP contribution in [0.3, 0.4) is 0 Å². The van der Waals surface area contributed by atoms with Gasteiger partial charge in [-0.3, -0.25) is 14.9 Å². The smallest absolute Gasteiger partial charge is 0.244 e. The zero-order valence-electron chi connectivity index (χ0n) is 11.8. The van der Waals surface area contributed by atoms with Crippen molar-refractivity contribution in [2.45, 2.75) is 19.3 Å². The maximum absolute atomic E-state index is 12.1. The van der Waals surface area contributed by atoms with E-state index in [1.54, 1.807) is 24.3 Å². The molecule has 2 unspecified atom stereocenters. The summed E-state index contributed by atoms with van der Waals surface area (Å²) in [7, 11) is 0.